The average molecular weight is 419 g/mol. The highest BCUT2D eigenvalue weighted by atomic mass is 16.5. The minimum absolute atomic E-state index is 0.137. The van der Waals surface area contributed by atoms with E-state index in [9.17, 15) is 14.7 Å². The van der Waals surface area contributed by atoms with E-state index in [0.29, 0.717) is 36.8 Å². The van der Waals surface area contributed by atoms with Crippen molar-refractivity contribution in [3.63, 3.8) is 0 Å². The van der Waals surface area contributed by atoms with Gasteiger partial charge in [-0.1, -0.05) is 33.8 Å². The molecule has 7 heteroatoms. The number of likely N-dealkylation sites (N-methyl/N-ethyl adjacent to an activating group) is 1. The van der Waals surface area contributed by atoms with Gasteiger partial charge in [0.15, 0.2) is 23.0 Å². The highest BCUT2D eigenvalue weighted by Gasteiger charge is 2.46. The van der Waals surface area contributed by atoms with E-state index < -0.39 is 23.1 Å². The first-order valence-electron chi connectivity index (χ1n) is 10.3. The van der Waals surface area contributed by atoms with Crippen molar-refractivity contribution in [2.45, 2.75) is 40.2 Å². The number of hydrogen-bond acceptors (Lipinski definition) is 6. The number of amides is 1. The van der Waals surface area contributed by atoms with Gasteiger partial charge in [-0.15, -0.1) is 0 Å². The predicted molar refractivity (Wildman–Crippen MR) is 116 cm³/mol. The zero-order chi connectivity index (χ0) is 22.6. The van der Waals surface area contributed by atoms with Gasteiger partial charge in [-0.25, -0.2) is 0 Å². The van der Waals surface area contributed by atoms with Gasteiger partial charge in [-0.05, 0) is 38.2 Å². The molecule has 1 amide bonds. The minimum Gasteiger partial charge on any atom is -0.503 e. The molecule has 0 saturated carbocycles. The normalized spacial score (nSPS) is 17.1. The van der Waals surface area contributed by atoms with Crippen molar-refractivity contribution < 1.29 is 24.2 Å². The monoisotopic (exact) mass is 418 g/mol. The molecule has 1 heterocycles. The van der Waals surface area contributed by atoms with Gasteiger partial charge in [0.2, 0.25) is 0 Å². The van der Waals surface area contributed by atoms with Crippen LogP contribution < -0.4 is 9.47 Å². The van der Waals surface area contributed by atoms with Gasteiger partial charge in [0, 0.05) is 18.5 Å². The van der Waals surface area contributed by atoms with E-state index in [4.69, 9.17) is 9.47 Å². The molecule has 1 aromatic rings. The van der Waals surface area contributed by atoms with Crippen molar-refractivity contribution in [3.05, 3.63) is 35.1 Å². The van der Waals surface area contributed by atoms with Crippen molar-refractivity contribution in [2.24, 2.45) is 5.41 Å². The summed E-state index contributed by atoms with van der Waals surface area (Å²) in [7, 11) is 5.39. The number of rotatable bonds is 9. The molecule has 1 atom stereocenters. The van der Waals surface area contributed by atoms with Gasteiger partial charge in [-0.3, -0.25) is 9.59 Å². The molecule has 0 radical (unpaired) electrons. The Morgan fingerprint density at radius 1 is 1.23 bits per heavy atom. The lowest BCUT2D eigenvalue weighted by Gasteiger charge is -2.30. The zero-order valence-corrected chi connectivity index (χ0v) is 19.1. The molecule has 1 aromatic carbocycles. The van der Waals surface area contributed by atoms with Gasteiger partial charge in [-0.2, -0.15) is 0 Å². The number of aliphatic hydroxyl groups excluding tert-OH is 1. The average Bonchev–Trinajstić information content (AvgIpc) is 2.93. The lowest BCUT2D eigenvalue weighted by atomic mass is 9.82. The SMILES string of the molecule is CCCOc1cc(C2C(C(=O)C(C)(C)C)=C(O)C(=O)N2CCN(C)C)ccc1OC. The molecule has 1 aliphatic heterocycles. The van der Waals surface area contributed by atoms with Crippen LogP contribution in [0, 0.1) is 5.41 Å². The van der Waals surface area contributed by atoms with Crippen molar-refractivity contribution in [1.29, 1.82) is 0 Å². The fraction of sp³-hybridized carbons (Fsp3) is 0.565. The lowest BCUT2D eigenvalue weighted by molar-refractivity contribution is -0.129. The Kier molecular flexibility index (Phi) is 7.53. The highest BCUT2D eigenvalue weighted by Crippen LogP contribution is 2.42. The largest absolute Gasteiger partial charge is 0.503 e. The molecule has 0 bridgehead atoms. The molecular formula is C23H34N2O5. The molecule has 7 nitrogen and oxygen atoms in total. The Morgan fingerprint density at radius 3 is 2.43 bits per heavy atom. The molecule has 1 aliphatic rings. The number of carbonyl (C=O) groups is 2. The maximum Gasteiger partial charge on any atom is 0.290 e. The van der Waals surface area contributed by atoms with Gasteiger partial charge in [0.05, 0.1) is 25.3 Å². The van der Waals surface area contributed by atoms with E-state index >= 15 is 0 Å². The third kappa shape index (κ3) is 4.95. The van der Waals surface area contributed by atoms with E-state index in [1.54, 1.807) is 44.9 Å². The first kappa shape index (κ1) is 23.7. The second-order valence-corrected chi connectivity index (χ2v) is 8.80. The second-order valence-electron chi connectivity index (χ2n) is 8.80. The molecular weight excluding hydrogens is 384 g/mol. The zero-order valence-electron chi connectivity index (χ0n) is 19.1. The first-order valence-corrected chi connectivity index (χ1v) is 10.3. The summed E-state index contributed by atoms with van der Waals surface area (Å²) in [6.07, 6.45) is 0.832. The molecule has 30 heavy (non-hydrogen) atoms. The van der Waals surface area contributed by atoms with Gasteiger partial charge in [0.25, 0.3) is 5.91 Å². The molecule has 0 fully saturated rings. The summed E-state index contributed by atoms with van der Waals surface area (Å²) >= 11 is 0. The molecule has 2 rings (SSSR count). The molecule has 1 N–H and O–H groups in total. The van der Waals surface area contributed by atoms with Gasteiger partial charge in [0.1, 0.15) is 0 Å². The Bertz CT molecular complexity index is 823. The maximum absolute atomic E-state index is 13.2. The summed E-state index contributed by atoms with van der Waals surface area (Å²) in [6, 6.07) is 4.69. The number of benzene rings is 1. The fourth-order valence-corrected chi connectivity index (χ4v) is 3.36. The van der Waals surface area contributed by atoms with Gasteiger partial charge < -0.3 is 24.4 Å². The van der Waals surface area contributed by atoms with Crippen LogP contribution in [0.25, 0.3) is 0 Å². The summed E-state index contributed by atoms with van der Waals surface area (Å²) in [5.74, 6) is -0.122. The Hall–Kier alpha value is -2.54. The van der Waals surface area contributed by atoms with Crippen molar-refractivity contribution in [3.8, 4) is 11.5 Å². The van der Waals surface area contributed by atoms with Crippen LogP contribution >= 0.6 is 0 Å². The first-order chi connectivity index (χ1) is 14.0. The summed E-state index contributed by atoms with van der Waals surface area (Å²) in [5.41, 5.74) is 0.0939. The van der Waals surface area contributed by atoms with Crippen LogP contribution in [0.5, 0.6) is 11.5 Å². The predicted octanol–water partition coefficient (Wildman–Crippen LogP) is 3.36. The molecule has 166 valence electrons. The topological polar surface area (TPSA) is 79.3 Å². The molecule has 1 unspecified atom stereocenters. The number of nitrogens with zero attached hydrogens (tertiary/aromatic N) is 2. The van der Waals surface area contributed by atoms with Crippen molar-refractivity contribution in [1.82, 2.24) is 9.80 Å². The third-order valence-electron chi connectivity index (χ3n) is 4.98. The second kappa shape index (κ2) is 9.51. The third-order valence-corrected chi connectivity index (χ3v) is 4.98. The van der Waals surface area contributed by atoms with Gasteiger partial charge >= 0.3 is 0 Å². The minimum atomic E-state index is -0.743. The van der Waals surface area contributed by atoms with Crippen LogP contribution in [0.3, 0.4) is 0 Å². The summed E-state index contributed by atoms with van der Waals surface area (Å²) in [6.45, 7) is 8.84. The summed E-state index contributed by atoms with van der Waals surface area (Å²) in [5, 5.41) is 10.7. The van der Waals surface area contributed by atoms with Crippen LogP contribution in [0.4, 0.5) is 0 Å². The van der Waals surface area contributed by atoms with Crippen LogP contribution in [-0.2, 0) is 9.59 Å². The lowest BCUT2D eigenvalue weighted by Crippen LogP contribution is -2.37. The van der Waals surface area contributed by atoms with Crippen LogP contribution in [0.2, 0.25) is 0 Å². The molecule has 0 aromatic heterocycles. The summed E-state index contributed by atoms with van der Waals surface area (Å²) in [4.78, 5) is 29.6. The van der Waals surface area contributed by atoms with Crippen LogP contribution in [-0.4, -0.2) is 67.5 Å². The standard InChI is InChI=1S/C23H34N2O5/c1-8-13-30-17-14-15(9-10-16(17)29-7)19-18(21(27)23(2,3)4)20(26)22(28)25(19)12-11-24(5)6/h9-10,14,19,26H,8,11-13H2,1-7H3. The van der Waals surface area contributed by atoms with E-state index in [1.165, 1.54) is 0 Å². The number of methoxy groups -OCH3 is 1. The number of aliphatic hydroxyl groups is 1. The van der Waals surface area contributed by atoms with Crippen LogP contribution in [0.1, 0.15) is 45.7 Å². The molecule has 0 aliphatic carbocycles. The number of Topliss-reactive ketones (excluding diaryl/α,β-unsaturated/α-hetero) is 1. The number of carbonyl (C=O) groups excluding carboxylic acids is 2. The smallest absolute Gasteiger partial charge is 0.290 e. The number of ether oxygens (including phenoxy) is 2. The van der Waals surface area contributed by atoms with E-state index in [-0.39, 0.29) is 11.4 Å². The van der Waals surface area contributed by atoms with Crippen LogP contribution in [0.15, 0.2) is 29.5 Å². The fourth-order valence-electron chi connectivity index (χ4n) is 3.36. The Balaban J connectivity index is 2.58. The molecule has 0 saturated heterocycles. The van der Waals surface area contributed by atoms with E-state index in [1.807, 2.05) is 32.0 Å². The molecule has 0 spiro atoms. The van der Waals surface area contributed by atoms with E-state index in [0.717, 1.165) is 6.42 Å². The highest BCUT2D eigenvalue weighted by molar-refractivity contribution is 6.10. The quantitative estimate of drug-likeness (QED) is 0.663. The summed E-state index contributed by atoms with van der Waals surface area (Å²) < 4.78 is 11.2. The Morgan fingerprint density at radius 2 is 1.90 bits per heavy atom. The van der Waals surface area contributed by atoms with Crippen molar-refractivity contribution in [2.75, 3.05) is 40.9 Å². The Labute approximate surface area is 179 Å². The number of ketones is 1. The maximum atomic E-state index is 13.2. The van der Waals surface area contributed by atoms with E-state index in [2.05, 4.69) is 0 Å². The number of hydrogen-bond donors (Lipinski definition) is 1. The van der Waals surface area contributed by atoms with Crippen molar-refractivity contribution >= 4 is 11.7 Å².